The molecule has 2 N–H and O–H groups in total. The van der Waals surface area contributed by atoms with Crippen LogP contribution < -0.4 is 10.5 Å². The molecule has 1 fully saturated rings. The molecule has 1 aliphatic rings. The molecule has 4 nitrogen and oxygen atoms in total. The summed E-state index contributed by atoms with van der Waals surface area (Å²) in [7, 11) is 0. The minimum atomic E-state index is 0.00106. The van der Waals surface area contributed by atoms with Gasteiger partial charge in [0.25, 0.3) is 5.91 Å². The molecule has 1 saturated heterocycles. The van der Waals surface area contributed by atoms with E-state index < -0.39 is 0 Å². The average molecular weight is 345 g/mol. The van der Waals surface area contributed by atoms with Crippen LogP contribution in [0.5, 0.6) is 5.75 Å². The fourth-order valence-electron chi connectivity index (χ4n) is 2.92. The van der Waals surface area contributed by atoms with Crippen molar-refractivity contribution in [2.24, 2.45) is 0 Å². The molecule has 0 radical (unpaired) electrons. The van der Waals surface area contributed by atoms with Crippen molar-refractivity contribution < 1.29 is 9.53 Å². The van der Waals surface area contributed by atoms with Crippen LogP contribution in [0.3, 0.4) is 0 Å². The topological polar surface area (TPSA) is 55.6 Å². The van der Waals surface area contributed by atoms with Gasteiger partial charge < -0.3 is 15.4 Å². The first kappa shape index (κ1) is 16.7. The fourth-order valence-corrected chi connectivity index (χ4v) is 3.05. The van der Waals surface area contributed by atoms with E-state index in [2.05, 4.69) is 0 Å². The van der Waals surface area contributed by atoms with Crippen molar-refractivity contribution in [2.45, 2.75) is 25.9 Å². The summed E-state index contributed by atoms with van der Waals surface area (Å²) in [6, 6.07) is 12.9. The van der Waals surface area contributed by atoms with Gasteiger partial charge in [0, 0.05) is 36.6 Å². The van der Waals surface area contributed by atoms with Gasteiger partial charge in [-0.15, -0.1) is 0 Å². The number of aryl methyl sites for hydroxylation is 1. The van der Waals surface area contributed by atoms with Crippen molar-refractivity contribution in [2.75, 3.05) is 18.8 Å². The maximum Gasteiger partial charge on any atom is 0.255 e. The number of rotatable bonds is 3. The number of halogens is 1. The fraction of sp³-hybridized carbons (Fsp3) is 0.316. The van der Waals surface area contributed by atoms with Crippen molar-refractivity contribution in [1.82, 2.24) is 4.90 Å². The highest BCUT2D eigenvalue weighted by Crippen LogP contribution is 2.24. The lowest BCUT2D eigenvalue weighted by Gasteiger charge is -2.32. The van der Waals surface area contributed by atoms with Gasteiger partial charge >= 0.3 is 0 Å². The third kappa shape index (κ3) is 3.65. The molecule has 24 heavy (non-hydrogen) atoms. The second-order valence-corrected chi connectivity index (χ2v) is 6.54. The quantitative estimate of drug-likeness (QED) is 0.859. The molecule has 2 aromatic carbocycles. The molecule has 126 valence electrons. The number of piperidine rings is 1. The van der Waals surface area contributed by atoms with Crippen LogP contribution in [0.4, 0.5) is 5.69 Å². The second kappa shape index (κ2) is 7.14. The Morgan fingerprint density at radius 2 is 1.83 bits per heavy atom. The normalized spacial score (nSPS) is 15.3. The maximum atomic E-state index is 12.7. The molecular formula is C19H21ClN2O2. The summed E-state index contributed by atoms with van der Waals surface area (Å²) < 4.78 is 5.97. The van der Waals surface area contributed by atoms with Crippen LogP contribution in [-0.4, -0.2) is 30.0 Å². The minimum absolute atomic E-state index is 0.00106. The van der Waals surface area contributed by atoms with Crippen LogP contribution in [0.1, 0.15) is 28.8 Å². The molecule has 0 unspecified atom stereocenters. The zero-order valence-corrected chi connectivity index (χ0v) is 14.4. The molecule has 0 bridgehead atoms. The van der Waals surface area contributed by atoms with Gasteiger partial charge in [-0.2, -0.15) is 0 Å². The SMILES string of the molecule is Cc1cccc(C(=O)N2CCC(Oc3ccc(Cl)cc3)CC2)c1N. The van der Waals surface area contributed by atoms with Gasteiger partial charge in [-0.05, 0) is 42.8 Å². The molecular weight excluding hydrogens is 324 g/mol. The number of hydrogen-bond acceptors (Lipinski definition) is 3. The summed E-state index contributed by atoms with van der Waals surface area (Å²) in [5.74, 6) is 0.813. The number of ether oxygens (including phenoxy) is 1. The summed E-state index contributed by atoms with van der Waals surface area (Å²) >= 11 is 5.88. The van der Waals surface area contributed by atoms with Crippen molar-refractivity contribution >= 4 is 23.2 Å². The molecule has 1 aliphatic heterocycles. The first-order valence-electron chi connectivity index (χ1n) is 8.11. The van der Waals surface area contributed by atoms with E-state index in [0.717, 1.165) is 24.2 Å². The van der Waals surface area contributed by atoms with E-state index in [9.17, 15) is 4.79 Å². The van der Waals surface area contributed by atoms with E-state index in [-0.39, 0.29) is 12.0 Å². The first-order chi connectivity index (χ1) is 11.5. The smallest absolute Gasteiger partial charge is 0.255 e. The molecule has 0 atom stereocenters. The average Bonchev–Trinajstić information content (AvgIpc) is 2.59. The summed E-state index contributed by atoms with van der Waals surface area (Å²) in [5.41, 5.74) is 8.14. The number of likely N-dealkylation sites (tertiary alicyclic amines) is 1. The predicted molar refractivity (Wildman–Crippen MR) is 96.6 cm³/mol. The highest BCUT2D eigenvalue weighted by atomic mass is 35.5. The number of amides is 1. The van der Waals surface area contributed by atoms with Crippen molar-refractivity contribution in [3.05, 3.63) is 58.6 Å². The van der Waals surface area contributed by atoms with Gasteiger partial charge in [-0.25, -0.2) is 0 Å². The third-order valence-corrected chi connectivity index (χ3v) is 4.65. The number of anilines is 1. The molecule has 0 aromatic heterocycles. The Labute approximate surface area is 147 Å². The highest BCUT2D eigenvalue weighted by molar-refractivity contribution is 6.30. The van der Waals surface area contributed by atoms with Crippen LogP contribution in [0.15, 0.2) is 42.5 Å². The first-order valence-corrected chi connectivity index (χ1v) is 8.49. The van der Waals surface area contributed by atoms with Gasteiger partial charge in [0.2, 0.25) is 0 Å². The monoisotopic (exact) mass is 344 g/mol. The number of para-hydroxylation sites is 1. The minimum Gasteiger partial charge on any atom is -0.490 e. The van der Waals surface area contributed by atoms with Crippen LogP contribution >= 0.6 is 11.6 Å². The van der Waals surface area contributed by atoms with Crippen molar-refractivity contribution in [1.29, 1.82) is 0 Å². The van der Waals surface area contributed by atoms with E-state index in [4.69, 9.17) is 22.1 Å². The van der Waals surface area contributed by atoms with Crippen LogP contribution in [0.25, 0.3) is 0 Å². The number of carbonyl (C=O) groups excluding carboxylic acids is 1. The molecule has 1 heterocycles. The second-order valence-electron chi connectivity index (χ2n) is 6.10. The number of carbonyl (C=O) groups is 1. The van der Waals surface area contributed by atoms with Gasteiger partial charge in [0.15, 0.2) is 0 Å². The van der Waals surface area contributed by atoms with Crippen LogP contribution in [-0.2, 0) is 0 Å². The largest absolute Gasteiger partial charge is 0.490 e. The van der Waals surface area contributed by atoms with E-state index in [1.807, 2.05) is 48.2 Å². The van der Waals surface area contributed by atoms with Crippen LogP contribution in [0, 0.1) is 6.92 Å². The number of benzene rings is 2. The summed E-state index contributed by atoms with van der Waals surface area (Å²) in [6.45, 7) is 3.26. The molecule has 3 rings (SSSR count). The zero-order valence-electron chi connectivity index (χ0n) is 13.7. The number of nitrogen functional groups attached to an aromatic ring is 1. The lowest BCUT2D eigenvalue weighted by molar-refractivity contribution is 0.0596. The Bertz CT molecular complexity index is 723. The van der Waals surface area contributed by atoms with Gasteiger partial charge in [0.1, 0.15) is 11.9 Å². The highest BCUT2D eigenvalue weighted by Gasteiger charge is 2.25. The zero-order chi connectivity index (χ0) is 17.1. The summed E-state index contributed by atoms with van der Waals surface area (Å²) in [5, 5.41) is 0.693. The van der Waals surface area contributed by atoms with Crippen molar-refractivity contribution in [3.63, 3.8) is 0 Å². The Kier molecular flexibility index (Phi) is 4.95. The summed E-state index contributed by atoms with van der Waals surface area (Å²) in [4.78, 5) is 14.5. The molecule has 0 aliphatic carbocycles. The van der Waals surface area contributed by atoms with E-state index >= 15 is 0 Å². The van der Waals surface area contributed by atoms with Gasteiger partial charge in [0.05, 0.1) is 5.56 Å². The number of nitrogens with zero attached hydrogens (tertiary/aromatic N) is 1. The molecule has 5 heteroatoms. The van der Waals surface area contributed by atoms with Crippen LogP contribution in [0.2, 0.25) is 5.02 Å². The van der Waals surface area contributed by atoms with Crippen molar-refractivity contribution in [3.8, 4) is 5.75 Å². The standard InChI is InChI=1S/C19H21ClN2O2/c1-13-3-2-4-17(18(13)21)19(23)22-11-9-16(10-12-22)24-15-7-5-14(20)6-8-15/h2-8,16H,9-12,21H2,1H3. The Morgan fingerprint density at radius 3 is 2.50 bits per heavy atom. The number of nitrogens with two attached hydrogens (primary N) is 1. The lowest BCUT2D eigenvalue weighted by atomic mass is 10.0. The maximum absolute atomic E-state index is 12.7. The van der Waals surface area contributed by atoms with Gasteiger partial charge in [-0.3, -0.25) is 4.79 Å². The Hall–Kier alpha value is -2.20. The molecule has 0 saturated carbocycles. The van der Waals surface area contributed by atoms with E-state index in [0.29, 0.717) is 29.4 Å². The predicted octanol–water partition coefficient (Wildman–Crippen LogP) is 3.91. The van der Waals surface area contributed by atoms with Gasteiger partial charge in [-0.1, -0.05) is 23.7 Å². The molecule has 2 aromatic rings. The molecule has 0 spiro atoms. The Balaban J connectivity index is 1.59. The molecule has 1 amide bonds. The summed E-state index contributed by atoms with van der Waals surface area (Å²) in [6.07, 6.45) is 1.73. The van der Waals surface area contributed by atoms with E-state index in [1.165, 1.54) is 0 Å². The number of hydrogen-bond donors (Lipinski definition) is 1. The Morgan fingerprint density at radius 1 is 1.17 bits per heavy atom. The lowest BCUT2D eigenvalue weighted by Crippen LogP contribution is -2.42. The third-order valence-electron chi connectivity index (χ3n) is 4.40. The van der Waals surface area contributed by atoms with E-state index in [1.54, 1.807) is 6.07 Å².